The maximum Gasteiger partial charge on any atom is 0.454 e. The molecule has 0 spiro atoms. The number of anilines is 1. The highest BCUT2D eigenvalue weighted by atomic mass is 19.4. The number of aliphatic carboxylic acids is 1. The SMILES string of the molecule is COc1ccc(C(NCC(F)(F)C(F)(F)F)C(F)(F)F)c(N2CCC(COc3cccc(C(CC(=O)O)C4CC4)c3)CC2)c1. The minimum Gasteiger partial charge on any atom is -0.497 e. The third-order valence-electron chi connectivity index (χ3n) is 8.13. The van der Waals surface area contributed by atoms with Crippen molar-refractivity contribution in [1.82, 2.24) is 5.32 Å². The molecule has 2 aromatic carbocycles. The first kappa shape index (κ1) is 33.6. The molecule has 2 atom stereocenters. The number of methoxy groups -OCH3 is 1. The Morgan fingerprint density at radius 3 is 2.23 bits per heavy atom. The number of carbonyl (C=O) groups is 1. The summed E-state index contributed by atoms with van der Waals surface area (Å²) in [5.74, 6) is -5.17. The van der Waals surface area contributed by atoms with Crippen LogP contribution in [-0.4, -0.2) is 62.7 Å². The first-order valence-corrected chi connectivity index (χ1v) is 14.2. The Morgan fingerprint density at radius 1 is 0.977 bits per heavy atom. The van der Waals surface area contributed by atoms with Crippen molar-refractivity contribution in [3.8, 4) is 11.5 Å². The number of benzene rings is 2. The predicted molar refractivity (Wildman–Crippen MR) is 145 cm³/mol. The average molecular weight is 639 g/mol. The normalized spacial score (nSPS) is 18.2. The second-order valence-electron chi connectivity index (χ2n) is 11.3. The maximum atomic E-state index is 14.0. The highest BCUT2D eigenvalue weighted by Gasteiger charge is 2.58. The number of nitrogens with one attached hydrogen (secondary N) is 1. The van der Waals surface area contributed by atoms with E-state index < -0.39 is 42.4 Å². The minimum atomic E-state index is -6.01. The van der Waals surface area contributed by atoms with Gasteiger partial charge in [-0.3, -0.25) is 10.1 Å². The van der Waals surface area contributed by atoms with E-state index in [9.17, 15) is 45.0 Å². The van der Waals surface area contributed by atoms with E-state index in [1.807, 2.05) is 18.2 Å². The molecule has 244 valence electrons. The number of hydrogen-bond donors (Lipinski definition) is 2. The zero-order valence-electron chi connectivity index (χ0n) is 23.9. The zero-order valence-corrected chi connectivity index (χ0v) is 23.9. The fourth-order valence-electron chi connectivity index (χ4n) is 5.53. The molecular formula is C30H34F8N2O4. The highest BCUT2D eigenvalue weighted by molar-refractivity contribution is 5.68. The molecular weight excluding hydrogens is 604 g/mol. The summed E-state index contributed by atoms with van der Waals surface area (Å²) in [5, 5.41) is 10.7. The number of piperidine rings is 1. The predicted octanol–water partition coefficient (Wildman–Crippen LogP) is 7.35. The number of carboxylic acid groups (broad SMARTS) is 1. The monoisotopic (exact) mass is 638 g/mol. The molecule has 4 rings (SSSR count). The summed E-state index contributed by atoms with van der Waals surface area (Å²) in [6.45, 7) is -1.38. The van der Waals surface area contributed by atoms with Gasteiger partial charge in [0.2, 0.25) is 0 Å². The fourth-order valence-corrected chi connectivity index (χ4v) is 5.53. The quantitative estimate of drug-likeness (QED) is 0.224. The number of ether oxygens (including phenoxy) is 2. The number of carboxylic acids is 1. The Morgan fingerprint density at radius 2 is 1.66 bits per heavy atom. The van der Waals surface area contributed by atoms with Crippen LogP contribution in [0, 0.1) is 11.8 Å². The van der Waals surface area contributed by atoms with E-state index in [1.54, 1.807) is 11.0 Å². The molecule has 0 radical (unpaired) electrons. The molecule has 1 saturated carbocycles. The van der Waals surface area contributed by atoms with Crippen molar-refractivity contribution in [2.45, 2.75) is 62.3 Å². The lowest BCUT2D eigenvalue weighted by molar-refractivity contribution is -0.281. The van der Waals surface area contributed by atoms with E-state index in [2.05, 4.69) is 0 Å². The fraction of sp³-hybridized carbons (Fsp3) is 0.567. The number of halogens is 8. The maximum absolute atomic E-state index is 14.0. The molecule has 2 aromatic rings. The lowest BCUT2D eigenvalue weighted by atomic mass is 9.91. The summed E-state index contributed by atoms with van der Waals surface area (Å²) in [6.07, 6.45) is -8.16. The average Bonchev–Trinajstić information content (AvgIpc) is 3.79. The second-order valence-corrected chi connectivity index (χ2v) is 11.3. The Labute approximate surface area is 249 Å². The van der Waals surface area contributed by atoms with Crippen LogP contribution < -0.4 is 19.7 Å². The van der Waals surface area contributed by atoms with Gasteiger partial charge in [-0.15, -0.1) is 0 Å². The van der Waals surface area contributed by atoms with Gasteiger partial charge in [-0.2, -0.15) is 35.1 Å². The molecule has 44 heavy (non-hydrogen) atoms. The van der Waals surface area contributed by atoms with Gasteiger partial charge >= 0.3 is 24.2 Å². The van der Waals surface area contributed by atoms with Crippen molar-refractivity contribution in [1.29, 1.82) is 0 Å². The molecule has 14 heteroatoms. The zero-order chi connectivity index (χ0) is 32.3. The number of nitrogens with zero attached hydrogens (tertiary/aromatic N) is 1. The summed E-state index contributed by atoms with van der Waals surface area (Å²) < 4.78 is 118. The Balaban J connectivity index is 1.43. The van der Waals surface area contributed by atoms with Crippen molar-refractivity contribution >= 4 is 11.7 Å². The van der Waals surface area contributed by atoms with Crippen LogP contribution in [0.5, 0.6) is 11.5 Å². The van der Waals surface area contributed by atoms with Crippen molar-refractivity contribution in [3.05, 3.63) is 53.6 Å². The van der Waals surface area contributed by atoms with E-state index in [1.165, 1.54) is 24.6 Å². The molecule has 1 heterocycles. The molecule has 2 aliphatic rings. The molecule has 0 bridgehead atoms. The summed E-state index contributed by atoms with van der Waals surface area (Å²) in [6, 6.07) is 8.06. The molecule has 0 aromatic heterocycles. The van der Waals surface area contributed by atoms with Crippen molar-refractivity contribution in [2.24, 2.45) is 11.8 Å². The first-order valence-electron chi connectivity index (χ1n) is 14.2. The highest BCUT2D eigenvalue weighted by Crippen LogP contribution is 2.45. The summed E-state index contributed by atoms with van der Waals surface area (Å²) >= 11 is 0. The molecule has 2 N–H and O–H groups in total. The van der Waals surface area contributed by atoms with Crippen LogP contribution in [0.3, 0.4) is 0 Å². The van der Waals surface area contributed by atoms with E-state index in [4.69, 9.17) is 9.47 Å². The van der Waals surface area contributed by atoms with Crippen molar-refractivity contribution in [2.75, 3.05) is 38.3 Å². The lowest BCUT2D eigenvalue weighted by Gasteiger charge is -2.36. The molecule has 1 aliphatic heterocycles. The minimum absolute atomic E-state index is 0.0196. The van der Waals surface area contributed by atoms with Gasteiger partial charge in [0.05, 0.1) is 26.7 Å². The number of hydrogen-bond acceptors (Lipinski definition) is 5. The third-order valence-corrected chi connectivity index (χ3v) is 8.13. The molecule has 2 fully saturated rings. The van der Waals surface area contributed by atoms with Gasteiger partial charge in [-0.1, -0.05) is 18.2 Å². The first-order chi connectivity index (χ1) is 20.6. The van der Waals surface area contributed by atoms with Crippen LogP contribution in [-0.2, 0) is 4.79 Å². The van der Waals surface area contributed by atoms with Gasteiger partial charge in [0.15, 0.2) is 0 Å². The molecule has 6 nitrogen and oxygen atoms in total. The van der Waals surface area contributed by atoms with Crippen LogP contribution in [0.15, 0.2) is 42.5 Å². The summed E-state index contributed by atoms with van der Waals surface area (Å²) in [7, 11) is 1.30. The van der Waals surface area contributed by atoms with E-state index in [-0.39, 0.29) is 42.8 Å². The van der Waals surface area contributed by atoms with Gasteiger partial charge in [0.1, 0.15) is 17.5 Å². The topological polar surface area (TPSA) is 71.0 Å². The van der Waals surface area contributed by atoms with Crippen LogP contribution >= 0.6 is 0 Å². The van der Waals surface area contributed by atoms with Crippen molar-refractivity contribution < 1.29 is 54.5 Å². The molecule has 2 unspecified atom stereocenters. The van der Waals surface area contributed by atoms with E-state index >= 15 is 0 Å². The van der Waals surface area contributed by atoms with E-state index in [0.717, 1.165) is 24.5 Å². The molecule has 1 saturated heterocycles. The second kappa shape index (κ2) is 13.4. The largest absolute Gasteiger partial charge is 0.497 e. The van der Waals surface area contributed by atoms with Crippen LogP contribution in [0.25, 0.3) is 0 Å². The Bertz CT molecular complexity index is 1270. The van der Waals surface area contributed by atoms with Crippen molar-refractivity contribution in [3.63, 3.8) is 0 Å². The Kier molecular flexibility index (Phi) is 10.2. The molecule has 0 amide bonds. The summed E-state index contributed by atoms with van der Waals surface area (Å²) in [4.78, 5) is 13.0. The van der Waals surface area contributed by atoms with Crippen LogP contribution in [0.1, 0.15) is 55.2 Å². The van der Waals surface area contributed by atoms with Gasteiger partial charge in [-0.25, -0.2) is 0 Å². The van der Waals surface area contributed by atoms with Gasteiger partial charge in [-0.05, 0) is 67.2 Å². The van der Waals surface area contributed by atoms with Gasteiger partial charge in [0, 0.05) is 30.4 Å². The number of rotatable bonds is 13. The van der Waals surface area contributed by atoms with Crippen LogP contribution in [0.2, 0.25) is 0 Å². The smallest absolute Gasteiger partial charge is 0.454 e. The molecule has 1 aliphatic carbocycles. The Hall–Kier alpha value is -3.29. The third kappa shape index (κ3) is 8.45. The lowest BCUT2D eigenvalue weighted by Crippen LogP contribution is -2.48. The van der Waals surface area contributed by atoms with E-state index in [0.29, 0.717) is 31.1 Å². The van der Waals surface area contributed by atoms with Gasteiger partial charge < -0.3 is 19.5 Å². The standard InChI is InChI=1S/C30H34F8N2O4/c1-43-21-7-8-23(27(29(33,34)35)39-17-28(31,32)30(36,37)38)25(14-21)40-11-9-18(10-12-40)16-44-22-4-2-3-20(13-22)24(15-26(41)42)19-5-6-19/h2-4,7-8,13-14,18-19,24,27,39H,5-6,9-12,15-17H2,1H3,(H,41,42). The number of alkyl halides is 8. The van der Waals surface area contributed by atoms with Crippen LogP contribution in [0.4, 0.5) is 40.8 Å². The summed E-state index contributed by atoms with van der Waals surface area (Å²) in [5.41, 5.74) is 0.425. The van der Waals surface area contributed by atoms with Gasteiger partial charge in [0.25, 0.3) is 0 Å².